The van der Waals surface area contributed by atoms with E-state index in [9.17, 15) is 13.7 Å². The minimum absolute atomic E-state index is 0.206. The third kappa shape index (κ3) is 3.31. The van der Waals surface area contributed by atoms with Crippen LogP contribution in [0.3, 0.4) is 0 Å². The highest BCUT2D eigenvalue weighted by Gasteiger charge is 2.30. The van der Waals surface area contributed by atoms with Gasteiger partial charge in [-0.3, -0.25) is 0 Å². The van der Waals surface area contributed by atoms with Gasteiger partial charge in [-0.1, -0.05) is 12.1 Å². The number of nitriles is 1. The van der Waals surface area contributed by atoms with E-state index in [1.807, 2.05) is 23.1 Å². The Hall–Kier alpha value is -2.76. The van der Waals surface area contributed by atoms with Crippen molar-refractivity contribution in [3.63, 3.8) is 0 Å². The monoisotopic (exact) mass is 385 g/mol. The number of para-hydroxylation sites is 1. The molecule has 0 aliphatic carbocycles. The van der Waals surface area contributed by atoms with Crippen LogP contribution in [0.2, 0.25) is 0 Å². The summed E-state index contributed by atoms with van der Waals surface area (Å²) in [4.78, 5) is 2.26. The molecule has 27 heavy (non-hydrogen) atoms. The number of benzene rings is 2. The number of rotatable bonds is 3. The fourth-order valence-corrected chi connectivity index (χ4v) is 4.78. The molecule has 0 radical (unpaired) electrons. The molecule has 140 valence electrons. The van der Waals surface area contributed by atoms with Gasteiger partial charge in [0.25, 0.3) is 0 Å². The van der Waals surface area contributed by atoms with Gasteiger partial charge in [0, 0.05) is 32.2 Å². The lowest BCUT2D eigenvalue weighted by atomic mass is 10.1. The van der Waals surface area contributed by atoms with Crippen LogP contribution in [0.25, 0.3) is 0 Å². The van der Waals surface area contributed by atoms with Gasteiger partial charge < -0.3 is 14.4 Å². The van der Waals surface area contributed by atoms with Gasteiger partial charge in [-0.25, -0.2) is 8.42 Å². The van der Waals surface area contributed by atoms with Crippen LogP contribution in [-0.2, 0) is 10.0 Å². The van der Waals surface area contributed by atoms with Gasteiger partial charge in [0.15, 0.2) is 11.5 Å². The van der Waals surface area contributed by atoms with Crippen molar-refractivity contribution in [3.8, 4) is 17.6 Å². The van der Waals surface area contributed by atoms with Crippen molar-refractivity contribution < 1.29 is 17.9 Å². The number of hydrogen-bond donors (Lipinski definition) is 0. The highest BCUT2D eigenvalue weighted by atomic mass is 32.2. The topological polar surface area (TPSA) is 82.9 Å². The van der Waals surface area contributed by atoms with Gasteiger partial charge >= 0.3 is 0 Å². The summed E-state index contributed by atoms with van der Waals surface area (Å²) < 4.78 is 38.4. The van der Waals surface area contributed by atoms with Crippen LogP contribution in [0.15, 0.2) is 47.4 Å². The van der Waals surface area contributed by atoms with Crippen molar-refractivity contribution in [1.29, 1.82) is 5.26 Å². The Bertz CT molecular complexity index is 992. The molecule has 2 aliphatic rings. The first-order valence-electron chi connectivity index (χ1n) is 8.73. The average Bonchev–Trinajstić information content (AvgIpc) is 2.73. The van der Waals surface area contributed by atoms with E-state index in [2.05, 4.69) is 6.07 Å². The van der Waals surface area contributed by atoms with Crippen LogP contribution in [0, 0.1) is 11.3 Å². The summed E-state index contributed by atoms with van der Waals surface area (Å²) in [7, 11) is -3.61. The van der Waals surface area contributed by atoms with Crippen molar-refractivity contribution in [2.45, 2.75) is 4.90 Å². The zero-order chi connectivity index (χ0) is 18.9. The van der Waals surface area contributed by atoms with Gasteiger partial charge in [0.05, 0.1) is 16.1 Å². The van der Waals surface area contributed by atoms with Gasteiger partial charge in [-0.05, 0) is 24.3 Å². The molecule has 4 rings (SSSR count). The molecule has 7 nitrogen and oxygen atoms in total. The Labute approximate surface area is 158 Å². The Kier molecular flexibility index (Phi) is 4.64. The van der Waals surface area contributed by atoms with Gasteiger partial charge in [0.2, 0.25) is 10.0 Å². The molecular weight excluding hydrogens is 366 g/mol. The first kappa shape index (κ1) is 17.6. The standard InChI is InChI=1S/C19H19N3O4S/c20-14-15-3-1-2-4-17(15)21-7-9-22(10-8-21)27(23,24)16-5-6-18-19(13-16)26-12-11-25-18/h1-6,13H,7-12H2. The molecule has 0 saturated carbocycles. The third-order valence-electron chi connectivity index (χ3n) is 4.76. The molecule has 1 fully saturated rings. The number of piperazine rings is 1. The van der Waals surface area contributed by atoms with Crippen molar-refractivity contribution >= 4 is 15.7 Å². The van der Waals surface area contributed by atoms with E-state index in [-0.39, 0.29) is 4.90 Å². The predicted octanol–water partition coefficient (Wildman–Crippen LogP) is 1.84. The van der Waals surface area contributed by atoms with Crippen LogP contribution >= 0.6 is 0 Å². The molecule has 0 spiro atoms. The molecule has 0 atom stereocenters. The zero-order valence-corrected chi connectivity index (χ0v) is 15.5. The predicted molar refractivity (Wildman–Crippen MR) is 99.6 cm³/mol. The molecule has 8 heteroatoms. The number of anilines is 1. The number of fused-ring (bicyclic) bond motifs is 1. The quantitative estimate of drug-likeness (QED) is 0.802. The first-order chi connectivity index (χ1) is 13.1. The number of ether oxygens (including phenoxy) is 2. The lowest BCUT2D eigenvalue weighted by molar-refractivity contribution is 0.171. The van der Waals surface area contributed by atoms with Gasteiger partial charge in [-0.15, -0.1) is 0 Å². The normalized spacial score (nSPS) is 17.4. The van der Waals surface area contributed by atoms with Crippen molar-refractivity contribution in [2.75, 3.05) is 44.3 Å². The SMILES string of the molecule is N#Cc1ccccc1N1CCN(S(=O)(=O)c2ccc3c(c2)OCCO3)CC1. The van der Waals surface area contributed by atoms with E-state index >= 15 is 0 Å². The van der Waals surface area contributed by atoms with Crippen molar-refractivity contribution in [2.24, 2.45) is 0 Å². The van der Waals surface area contributed by atoms with E-state index in [0.29, 0.717) is 56.5 Å². The highest BCUT2D eigenvalue weighted by Crippen LogP contribution is 2.33. The molecule has 0 amide bonds. The summed E-state index contributed by atoms with van der Waals surface area (Å²) in [6.45, 7) is 2.65. The maximum atomic E-state index is 13.0. The largest absolute Gasteiger partial charge is 0.486 e. The maximum absolute atomic E-state index is 13.0. The summed E-state index contributed by atoms with van der Waals surface area (Å²) in [5, 5.41) is 9.27. The molecule has 2 aromatic carbocycles. The molecule has 0 aromatic heterocycles. The Morgan fingerprint density at radius 2 is 1.63 bits per heavy atom. The smallest absolute Gasteiger partial charge is 0.243 e. The second-order valence-corrected chi connectivity index (χ2v) is 8.26. The summed E-state index contributed by atoms with van der Waals surface area (Å²) >= 11 is 0. The molecule has 1 saturated heterocycles. The van der Waals surface area contributed by atoms with Crippen LogP contribution in [0.5, 0.6) is 11.5 Å². The van der Waals surface area contributed by atoms with Crippen molar-refractivity contribution in [1.82, 2.24) is 4.31 Å². The summed E-state index contributed by atoms with van der Waals surface area (Å²) in [5.74, 6) is 1.03. The molecule has 0 N–H and O–H groups in total. The van der Waals surface area contributed by atoms with Crippen LogP contribution in [0.1, 0.15) is 5.56 Å². The lowest BCUT2D eigenvalue weighted by Crippen LogP contribution is -2.48. The zero-order valence-electron chi connectivity index (χ0n) is 14.7. The molecule has 2 aliphatic heterocycles. The second-order valence-electron chi connectivity index (χ2n) is 6.33. The minimum atomic E-state index is -3.61. The Morgan fingerprint density at radius 3 is 2.37 bits per heavy atom. The number of sulfonamides is 1. The van der Waals surface area contributed by atoms with Crippen LogP contribution < -0.4 is 14.4 Å². The first-order valence-corrected chi connectivity index (χ1v) is 10.2. The fraction of sp³-hybridized carbons (Fsp3) is 0.316. The summed E-state index contributed by atoms with van der Waals surface area (Å²) in [5.41, 5.74) is 1.44. The van der Waals surface area contributed by atoms with E-state index in [1.165, 1.54) is 10.4 Å². The molecule has 2 aromatic rings. The Morgan fingerprint density at radius 1 is 0.926 bits per heavy atom. The molecular formula is C19H19N3O4S. The van der Waals surface area contributed by atoms with Crippen LogP contribution in [0.4, 0.5) is 5.69 Å². The van der Waals surface area contributed by atoms with E-state index in [4.69, 9.17) is 9.47 Å². The number of hydrogen-bond acceptors (Lipinski definition) is 6. The lowest BCUT2D eigenvalue weighted by Gasteiger charge is -2.35. The van der Waals surface area contributed by atoms with Gasteiger partial charge in [-0.2, -0.15) is 9.57 Å². The second kappa shape index (κ2) is 7.10. The van der Waals surface area contributed by atoms with E-state index < -0.39 is 10.0 Å². The Balaban J connectivity index is 1.51. The fourth-order valence-electron chi connectivity index (χ4n) is 3.35. The minimum Gasteiger partial charge on any atom is -0.486 e. The van der Waals surface area contributed by atoms with E-state index in [1.54, 1.807) is 18.2 Å². The molecule has 0 unspecified atom stereocenters. The van der Waals surface area contributed by atoms with E-state index in [0.717, 1.165) is 5.69 Å². The third-order valence-corrected chi connectivity index (χ3v) is 6.65. The average molecular weight is 385 g/mol. The van der Waals surface area contributed by atoms with Crippen LogP contribution in [-0.4, -0.2) is 52.1 Å². The summed E-state index contributed by atoms with van der Waals surface area (Å²) in [6.07, 6.45) is 0. The van der Waals surface area contributed by atoms with Gasteiger partial charge in [0.1, 0.15) is 19.3 Å². The van der Waals surface area contributed by atoms with Crippen molar-refractivity contribution in [3.05, 3.63) is 48.0 Å². The highest BCUT2D eigenvalue weighted by molar-refractivity contribution is 7.89. The summed E-state index contributed by atoms with van der Waals surface area (Å²) in [6, 6.07) is 14.3. The number of nitrogens with zero attached hydrogens (tertiary/aromatic N) is 3. The molecule has 2 heterocycles. The maximum Gasteiger partial charge on any atom is 0.243 e. The molecule has 0 bridgehead atoms.